The Bertz CT molecular complexity index is 322. The van der Waals surface area contributed by atoms with Gasteiger partial charge in [-0.3, -0.25) is 4.90 Å². The summed E-state index contributed by atoms with van der Waals surface area (Å²) in [5.74, 6) is 0.0869. The summed E-state index contributed by atoms with van der Waals surface area (Å²) in [6.07, 6.45) is -0.0729. The van der Waals surface area contributed by atoms with Crippen LogP contribution in [-0.4, -0.2) is 46.7 Å². The molecule has 19 heavy (non-hydrogen) atoms. The Hall–Kier alpha value is -0.810. The zero-order valence-electron chi connectivity index (χ0n) is 12.9. The van der Waals surface area contributed by atoms with Gasteiger partial charge in [-0.25, -0.2) is 4.79 Å². The van der Waals surface area contributed by atoms with E-state index in [2.05, 4.69) is 0 Å². The van der Waals surface area contributed by atoms with Crippen LogP contribution in [0.25, 0.3) is 0 Å². The number of nitrogens with zero attached hydrogens (tertiary/aromatic N) is 1. The average Bonchev–Trinajstić information content (AvgIpc) is 2.51. The zero-order valence-corrected chi connectivity index (χ0v) is 12.9. The second-order valence-electron chi connectivity index (χ2n) is 6.95. The van der Waals surface area contributed by atoms with Gasteiger partial charge in [0, 0.05) is 6.61 Å². The molecule has 1 rings (SSSR count). The van der Waals surface area contributed by atoms with Gasteiger partial charge in [0.1, 0.15) is 11.8 Å². The molecule has 0 saturated carbocycles. The fraction of sp³-hybridized carbons (Fsp3) is 0.929. The van der Waals surface area contributed by atoms with Crippen molar-refractivity contribution in [3.8, 4) is 0 Å². The molecular weight excluding hydrogens is 246 g/mol. The Balaban J connectivity index is 2.81. The van der Waals surface area contributed by atoms with Crippen LogP contribution in [0.15, 0.2) is 0 Å². The highest BCUT2D eigenvalue weighted by Gasteiger charge is 2.45. The monoisotopic (exact) mass is 273 g/mol. The highest BCUT2D eigenvalue weighted by Crippen LogP contribution is 2.31. The van der Waals surface area contributed by atoms with Crippen LogP contribution in [-0.2, 0) is 9.47 Å². The van der Waals surface area contributed by atoms with Gasteiger partial charge in [-0.1, -0.05) is 6.92 Å². The number of ether oxygens (including phenoxy) is 2. The van der Waals surface area contributed by atoms with Gasteiger partial charge in [-0.15, -0.1) is 0 Å². The van der Waals surface area contributed by atoms with Crippen LogP contribution in [0.4, 0.5) is 4.79 Å². The summed E-state index contributed by atoms with van der Waals surface area (Å²) in [5, 5.41) is 9.15. The molecule has 0 aliphatic carbocycles. The minimum atomic E-state index is -0.525. The molecule has 0 radical (unpaired) electrons. The summed E-state index contributed by atoms with van der Waals surface area (Å²) in [6, 6.07) is 0. The van der Waals surface area contributed by atoms with Crippen molar-refractivity contribution in [2.24, 2.45) is 5.92 Å². The maximum Gasteiger partial charge on any atom is 0.412 e. The van der Waals surface area contributed by atoms with E-state index < -0.39 is 5.60 Å². The Morgan fingerprint density at radius 3 is 2.58 bits per heavy atom. The Morgan fingerprint density at radius 2 is 2.11 bits per heavy atom. The SMILES string of the molecule is CC(CO)CC1OCC(C)(C)N1C(=O)OC(C)(C)C. The first-order valence-corrected chi connectivity index (χ1v) is 6.81. The first kappa shape index (κ1) is 16.2. The van der Waals surface area contributed by atoms with Gasteiger partial charge in [-0.2, -0.15) is 0 Å². The minimum Gasteiger partial charge on any atom is -0.444 e. The van der Waals surface area contributed by atoms with Gasteiger partial charge in [0.15, 0.2) is 0 Å². The molecule has 1 amide bonds. The molecule has 2 atom stereocenters. The van der Waals surface area contributed by atoms with E-state index in [-0.39, 0.29) is 30.4 Å². The standard InChI is InChI=1S/C14H27NO4/c1-10(8-16)7-11-15(14(5,6)9-18-11)12(17)19-13(2,3)4/h10-11,16H,7-9H2,1-6H3. The molecule has 1 saturated heterocycles. The maximum atomic E-state index is 12.3. The smallest absolute Gasteiger partial charge is 0.412 e. The fourth-order valence-corrected chi connectivity index (χ4v) is 2.10. The summed E-state index contributed by atoms with van der Waals surface area (Å²) < 4.78 is 11.2. The summed E-state index contributed by atoms with van der Waals surface area (Å²) in [4.78, 5) is 14.0. The largest absolute Gasteiger partial charge is 0.444 e. The minimum absolute atomic E-state index is 0.0858. The lowest BCUT2D eigenvalue weighted by Gasteiger charge is -2.35. The lowest BCUT2D eigenvalue weighted by Crippen LogP contribution is -2.50. The number of hydrogen-bond donors (Lipinski definition) is 1. The van der Waals surface area contributed by atoms with E-state index in [4.69, 9.17) is 14.6 Å². The normalized spacial score (nSPS) is 24.4. The van der Waals surface area contributed by atoms with E-state index in [1.165, 1.54) is 0 Å². The van der Waals surface area contributed by atoms with Crippen LogP contribution in [0.5, 0.6) is 0 Å². The van der Waals surface area contributed by atoms with Gasteiger partial charge in [-0.05, 0) is 47.0 Å². The van der Waals surface area contributed by atoms with Gasteiger partial charge in [0.2, 0.25) is 0 Å². The number of carbonyl (C=O) groups is 1. The number of hydrogen-bond acceptors (Lipinski definition) is 4. The van der Waals surface area contributed by atoms with Gasteiger partial charge >= 0.3 is 6.09 Å². The number of amides is 1. The van der Waals surface area contributed by atoms with E-state index in [9.17, 15) is 4.79 Å². The molecule has 112 valence electrons. The Morgan fingerprint density at radius 1 is 1.53 bits per heavy atom. The summed E-state index contributed by atoms with van der Waals surface area (Å²) in [5.41, 5.74) is -0.912. The second-order valence-corrected chi connectivity index (χ2v) is 6.95. The molecule has 1 fully saturated rings. The summed E-state index contributed by atoms with van der Waals surface area (Å²) in [6.45, 7) is 12.0. The van der Waals surface area contributed by atoms with Gasteiger partial charge in [0.25, 0.3) is 0 Å². The molecule has 1 aliphatic heterocycles. The Kier molecular flexibility index (Phi) is 4.85. The zero-order chi connectivity index (χ0) is 14.8. The van der Waals surface area contributed by atoms with E-state index in [0.29, 0.717) is 13.0 Å². The van der Waals surface area contributed by atoms with Crippen molar-refractivity contribution < 1.29 is 19.4 Å². The maximum absolute atomic E-state index is 12.3. The lowest BCUT2D eigenvalue weighted by atomic mass is 10.0. The van der Waals surface area contributed by atoms with E-state index >= 15 is 0 Å². The molecular formula is C14H27NO4. The number of rotatable bonds is 3. The predicted octanol–water partition coefficient (Wildman–Crippen LogP) is 2.38. The fourth-order valence-electron chi connectivity index (χ4n) is 2.10. The van der Waals surface area contributed by atoms with Crippen molar-refractivity contribution in [3.63, 3.8) is 0 Å². The third-order valence-electron chi connectivity index (χ3n) is 3.07. The summed E-state index contributed by atoms with van der Waals surface area (Å²) in [7, 11) is 0. The van der Waals surface area contributed by atoms with E-state index in [1.807, 2.05) is 41.5 Å². The van der Waals surface area contributed by atoms with Crippen LogP contribution in [0.3, 0.4) is 0 Å². The summed E-state index contributed by atoms with van der Waals surface area (Å²) >= 11 is 0. The first-order valence-electron chi connectivity index (χ1n) is 6.81. The van der Waals surface area contributed by atoms with E-state index in [0.717, 1.165) is 0 Å². The second kappa shape index (κ2) is 5.67. The highest BCUT2D eigenvalue weighted by atomic mass is 16.6. The van der Waals surface area contributed by atoms with Gasteiger partial charge < -0.3 is 14.6 Å². The molecule has 0 aromatic carbocycles. The topological polar surface area (TPSA) is 59.0 Å². The van der Waals surface area contributed by atoms with E-state index in [1.54, 1.807) is 4.90 Å². The quantitative estimate of drug-likeness (QED) is 0.857. The molecule has 5 heteroatoms. The van der Waals surface area contributed by atoms with Crippen LogP contribution >= 0.6 is 0 Å². The number of carbonyl (C=O) groups excluding carboxylic acids is 1. The van der Waals surface area contributed by atoms with Crippen molar-refractivity contribution in [1.29, 1.82) is 0 Å². The lowest BCUT2D eigenvalue weighted by molar-refractivity contribution is -0.0281. The molecule has 1 aliphatic rings. The molecule has 1 heterocycles. The molecule has 2 unspecified atom stereocenters. The van der Waals surface area contributed by atoms with Crippen molar-refractivity contribution in [2.45, 2.75) is 65.3 Å². The molecule has 1 N–H and O–H groups in total. The highest BCUT2D eigenvalue weighted by molar-refractivity contribution is 5.69. The van der Waals surface area contributed by atoms with Crippen LogP contribution in [0.2, 0.25) is 0 Å². The third kappa shape index (κ3) is 4.35. The molecule has 0 bridgehead atoms. The molecule has 0 aromatic heterocycles. The van der Waals surface area contributed by atoms with Crippen LogP contribution in [0.1, 0.15) is 48.0 Å². The van der Waals surface area contributed by atoms with Crippen molar-refractivity contribution >= 4 is 6.09 Å². The average molecular weight is 273 g/mol. The molecule has 0 spiro atoms. The van der Waals surface area contributed by atoms with Crippen molar-refractivity contribution in [2.75, 3.05) is 13.2 Å². The number of aliphatic hydroxyl groups excluding tert-OH is 1. The Labute approximate surface area is 115 Å². The van der Waals surface area contributed by atoms with Crippen molar-refractivity contribution in [1.82, 2.24) is 4.90 Å². The molecule has 0 aromatic rings. The van der Waals surface area contributed by atoms with Crippen molar-refractivity contribution in [3.05, 3.63) is 0 Å². The third-order valence-corrected chi connectivity index (χ3v) is 3.07. The van der Waals surface area contributed by atoms with Crippen LogP contribution < -0.4 is 0 Å². The van der Waals surface area contributed by atoms with Gasteiger partial charge in [0.05, 0.1) is 12.1 Å². The molecule has 5 nitrogen and oxygen atoms in total. The number of aliphatic hydroxyl groups is 1. The predicted molar refractivity (Wildman–Crippen MR) is 72.8 cm³/mol. The first-order chi connectivity index (χ1) is 8.57. The van der Waals surface area contributed by atoms with Crippen LogP contribution in [0, 0.1) is 5.92 Å².